The van der Waals surface area contributed by atoms with Gasteiger partial charge in [-0.05, 0) is 64.2 Å². The number of Topliss-reactive ketones (excluding diaryl/α,β-unsaturated/α-hetero) is 2. The minimum atomic E-state index is -0.0954. The average molecular weight is 439 g/mol. The number of hydrogen-bond donors (Lipinski definition) is 0. The first-order valence-corrected chi connectivity index (χ1v) is 11.4. The van der Waals surface area contributed by atoms with Gasteiger partial charge in [0.05, 0.1) is 11.1 Å². The van der Waals surface area contributed by atoms with E-state index in [2.05, 4.69) is 22.1 Å². The summed E-state index contributed by atoms with van der Waals surface area (Å²) in [6, 6.07) is 7.47. The fraction of sp³-hybridized carbons (Fsp3) is 0.364. The van der Waals surface area contributed by atoms with E-state index >= 15 is 0 Å². The molecule has 2 aromatic heterocycles. The number of thioether (sulfide) groups is 2. The zero-order chi connectivity index (χ0) is 22.3. The normalized spacial score (nSPS) is 10.3. The van der Waals surface area contributed by atoms with Gasteiger partial charge in [-0.25, -0.2) is 9.97 Å². The van der Waals surface area contributed by atoms with Crippen LogP contribution in [0.1, 0.15) is 69.9 Å². The summed E-state index contributed by atoms with van der Waals surface area (Å²) in [5.74, 6) is 1.40. The Hall–Kier alpha value is -2.68. The van der Waals surface area contributed by atoms with Crippen molar-refractivity contribution in [3.05, 3.63) is 45.8 Å². The molecule has 2 aromatic rings. The lowest BCUT2D eigenvalue weighted by molar-refractivity contribution is 0.100. The Morgan fingerprint density at radius 2 is 1.20 bits per heavy atom. The number of nitrogens with zero attached hydrogens (tertiary/aromatic N) is 4. The van der Waals surface area contributed by atoms with Gasteiger partial charge in [0.25, 0.3) is 0 Å². The van der Waals surface area contributed by atoms with E-state index in [9.17, 15) is 20.1 Å². The Morgan fingerprint density at radius 3 is 1.50 bits per heavy atom. The fourth-order valence-corrected chi connectivity index (χ4v) is 4.81. The van der Waals surface area contributed by atoms with Gasteiger partial charge in [-0.2, -0.15) is 10.5 Å². The molecule has 0 aliphatic rings. The van der Waals surface area contributed by atoms with Crippen molar-refractivity contribution in [2.24, 2.45) is 0 Å². The number of ketones is 2. The van der Waals surface area contributed by atoms with Crippen LogP contribution in [0, 0.1) is 36.5 Å². The van der Waals surface area contributed by atoms with Crippen molar-refractivity contribution in [1.29, 1.82) is 10.5 Å². The van der Waals surface area contributed by atoms with E-state index in [1.54, 1.807) is 26.0 Å². The number of aromatic nitrogens is 2. The molecule has 0 aliphatic heterocycles. The molecule has 0 atom stereocenters. The summed E-state index contributed by atoms with van der Waals surface area (Å²) in [6.07, 6.45) is 1.81. The predicted octanol–water partition coefficient (Wildman–Crippen LogP) is 4.91. The third-order valence-corrected chi connectivity index (χ3v) is 6.53. The van der Waals surface area contributed by atoms with Gasteiger partial charge in [-0.1, -0.05) is 0 Å². The van der Waals surface area contributed by atoms with Crippen molar-refractivity contribution in [2.75, 3.05) is 11.5 Å². The van der Waals surface area contributed by atoms with Gasteiger partial charge in [0.1, 0.15) is 22.2 Å². The number of carbonyl (C=O) groups is 2. The molecule has 154 valence electrons. The molecule has 6 nitrogen and oxygen atoms in total. The zero-order valence-electron chi connectivity index (χ0n) is 17.4. The largest absolute Gasteiger partial charge is 0.294 e. The Labute approximate surface area is 185 Å². The van der Waals surface area contributed by atoms with E-state index in [1.807, 2.05) is 0 Å². The molecule has 2 heterocycles. The highest BCUT2D eigenvalue weighted by Crippen LogP contribution is 2.26. The van der Waals surface area contributed by atoms with Crippen LogP contribution in [0.5, 0.6) is 0 Å². The second-order valence-electron chi connectivity index (χ2n) is 6.69. The molecule has 8 heteroatoms. The van der Waals surface area contributed by atoms with Crippen molar-refractivity contribution < 1.29 is 9.59 Å². The average Bonchev–Trinajstić information content (AvgIpc) is 2.70. The van der Waals surface area contributed by atoms with E-state index in [1.165, 1.54) is 37.4 Å². The molecule has 2 rings (SSSR count). The van der Waals surface area contributed by atoms with Crippen LogP contribution in [0.25, 0.3) is 0 Å². The molecular formula is C22H22N4O2S2. The highest BCUT2D eigenvalue weighted by molar-refractivity contribution is 7.99. The lowest BCUT2D eigenvalue weighted by Crippen LogP contribution is -2.02. The Balaban J connectivity index is 1.90. The van der Waals surface area contributed by atoms with Crippen LogP contribution in [0.4, 0.5) is 0 Å². The third kappa shape index (κ3) is 5.91. The van der Waals surface area contributed by atoms with Crippen LogP contribution >= 0.6 is 23.5 Å². The number of hydrogen-bond acceptors (Lipinski definition) is 8. The van der Waals surface area contributed by atoms with Crippen molar-refractivity contribution in [1.82, 2.24) is 9.97 Å². The number of unbranched alkanes of at least 4 members (excludes halogenated alkanes) is 1. The summed E-state index contributed by atoms with van der Waals surface area (Å²) < 4.78 is 0. The second kappa shape index (κ2) is 10.9. The second-order valence-corrected chi connectivity index (χ2v) is 8.86. The van der Waals surface area contributed by atoms with Gasteiger partial charge >= 0.3 is 0 Å². The number of aryl methyl sites for hydroxylation is 2. The van der Waals surface area contributed by atoms with Crippen molar-refractivity contribution in [3.8, 4) is 12.1 Å². The molecule has 0 bridgehead atoms. The van der Waals surface area contributed by atoms with Gasteiger partial charge in [0.2, 0.25) is 0 Å². The molecule has 0 fully saturated rings. The van der Waals surface area contributed by atoms with Gasteiger partial charge < -0.3 is 0 Å². The quantitative estimate of drug-likeness (QED) is 0.309. The highest BCUT2D eigenvalue weighted by atomic mass is 32.2. The first kappa shape index (κ1) is 23.6. The lowest BCUT2D eigenvalue weighted by atomic mass is 10.1. The summed E-state index contributed by atoms with van der Waals surface area (Å²) >= 11 is 3.02. The van der Waals surface area contributed by atoms with E-state index < -0.39 is 0 Å². The molecule has 0 spiro atoms. The maximum absolute atomic E-state index is 11.6. The lowest BCUT2D eigenvalue weighted by Gasteiger charge is -2.09. The number of carbonyl (C=O) groups excluding carboxylic acids is 2. The zero-order valence-corrected chi connectivity index (χ0v) is 19.0. The van der Waals surface area contributed by atoms with E-state index in [-0.39, 0.29) is 11.6 Å². The highest BCUT2D eigenvalue weighted by Gasteiger charge is 2.14. The molecule has 0 saturated heterocycles. The number of pyridine rings is 2. The number of nitriles is 2. The maximum Gasteiger partial charge on any atom is 0.161 e. The molecule has 0 amide bonds. The molecule has 0 aliphatic carbocycles. The van der Waals surface area contributed by atoms with Gasteiger partial charge in [0, 0.05) is 22.5 Å². The smallest absolute Gasteiger partial charge is 0.161 e. The maximum atomic E-state index is 11.6. The summed E-state index contributed by atoms with van der Waals surface area (Å²) in [5, 5.41) is 20.0. The molecule has 0 saturated carbocycles. The third-order valence-electron chi connectivity index (χ3n) is 4.37. The summed E-state index contributed by atoms with van der Waals surface area (Å²) in [4.78, 5) is 32.1. The monoisotopic (exact) mass is 438 g/mol. The van der Waals surface area contributed by atoms with E-state index in [4.69, 9.17) is 0 Å². The molecular weight excluding hydrogens is 416 g/mol. The fourth-order valence-electron chi connectivity index (χ4n) is 2.80. The van der Waals surface area contributed by atoms with Gasteiger partial charge in [0.15, 0.2) is 11.6 Å². The van der Waals surface area contributed by atoms with Crippen LogP contribution in [0.3, 0.4) is 0 Å². The first-order chi connectivity index (χ1) is 14.3. The predicted molar refractivity (Wildman–Crippen MR) is 118 cm³/mol. The van der Waals surface area contributed by atoms with Gasteiger partial charge in [-0.3, -0.25) is 9.59 Å². The molecule has 0 aromatic carbocycles. The van der Waals surface area contributed by atoms with Crippen LogP contribution in [0.15, 0.2) is 22.2 Å². The molecule has 0 N–H and O–H groups in total. The van der Waals surface area contributed by atoms with Crippen LogP contribution in [-0.4, -0.2) is 33.0 Å². The minimum absolute atomic E-state index is 0.0954. The Kier molecular flexibility index (Phi) is 8.58. The molecule has 30 heavy (non-hydrogen) atoms. The van der Waals surface area contributed by atoms with Crippen LogP contribution in [-0.2, 0) is 0 Å². The van der Waals surface area contributed by atoms with E-state index in [0.29, 0.717) is 43.7 Å². The number of rotatable bonds is 9. The van der Waals surface area contributed by atoms with Crippen LogP contribution < -0.4 is 0 Å². The summed E-state index contributed by atoms with van der Waals surface area (Å²) in [7, 11) is 0. The molecule has 0 unspecified atom stereocenters. The summed E-state index contributed by atoms with van der Waals surface area (Å²) in [5.41, 5.74) is 3.10. The van der Waals surface area contributed by atoms with Crippen LogP contribution in [0.2, 0.25) is 0 Å². The van der Waals surface area contributed by atoms with E-state index in [0.717, 1.165) is 24.3 Å². The minimum Gasteiger partial charge on any atom is -0.294 e. The molecule has 0 radical (unpaired) electrons. The van der Waals surface area contributed by atoms with Crippen molar-refractivity contribution >= 4 is 35.1 Å². The first-order valence-electron chi connectivity index (χ1n) is 9.39. The topological polar surface area (TPSA) is 107 Å². The summed E-state index contributed by atoms with van der Waals surface area (Å²) in [6.45, 7) is 6.49. The SMILES string of the molecule is CC(=O)c1cc(C#N)c(SCCCCSc2nc(C)c(C(C)=O)cc2C#N)nc1C. The van der Waals surface area contributed by atoms with Crippen molar-refractivity contribution in [3.63, 3.8) is 0 Å². The Morgan fingerprint density at radius 1 is 0.833 bits per heavy atom. The van der Waals surface area contributed by atoms with Gasteiger partial charge in [-0.15, -0.1) is 23.5 Å². The Bertz CT molecular complexity index is 983. The standard InChI is InChI=1S/C22H22N4O2S2/c1-13-19(15(3)27)9-17(11-23)21(25-13)29-7-5-6-8-30-22-18(12-24)10-20(16(4)28)14(2)26-22/h9-10H,5-8H2,1-4H3. The van der Waals surface area contributed by atoms with Crippen molar-refractivity contribution in [2.45, 2.75) is 50.6 Å².